The fourth-order valence-electron chi connectivity index (χ4n) is 1.30. The lowest BCUT2D eigenvalue weighted by Crippen LogP contribution is -2.13. The van der Waals surface area contributed by atoms with Crippen LogP contribution in [0.1, 0.15) is 10.4 Å². The Bertz CT molecular complexity index is 589. The van der Waals surface area contributed by atoms with Gasteiger partial charge >= 0.3 is 0 Å². The third-order valence-electron chi connectivity index (χ3n) is 2.17. The minimum Gasteiger partial charge on any atom is -0.321 e. The number of aromatic nitrogens is 1. The highest BCUT2D eigenvalue weighted by Crippen LogP contribution is 2.22. The van der Waals surface area contributed by atoms with E-state index >= 15 is 0 Å². The number of pyridine rings is 1. The van der Waals surface area contributed by atoms with Gasteiger partial charge in [-0.3, -0.25) is 4.79 Å². The van der Waals surface area contributed by atoms with Crippen LogP contribution in [0.25, 0.3) is 0 Å². The third-order valence-corrected chi connectivity index (χ3v) is 3.30. The zero-order chi connectivity index (χ0) is 13.1. The standard InChI is InChI=1S/C12H7ClFIN2O/c13-8-2-3-10(9(15)5-8)17-12(18)7-1-4-11(14)16-6-7/h1-6H,(H,17,18). The number of halogens is 3. The van der Waals surface area contributed by atoms with E-state index in [1.165, 1.54) is 12.3 Å². The minimum atomic E-state index is -0.618. The Morgan fingerprint density at radius 1 is 1.33 bits per heavy atom. The smallest absolute Gasteiger partial charge is 0.257 e. The molecule has 0 unspecified atom stereocenters. The molecular weight excluding hydrogens is 370 g/mol. The SMILES string of the molecule is O=C(Nc1ccc(Cl)cc1I)c1ccc(F)nc1. The highest BCUT2D eigenvalue weighted by atomic mass is 127. The average molecular weight is 377 g/mol. The molecule has 2 rings (SSSR count). The zero-order valence-corrected chi connectivity index (χ0v) is 11.9. The predicted octanol–water partition coefficient (Wildman–Crippen LogP) is 3.73. The molecule has 0 fully saturated rings. The van der Waals surface area contributed by atoms with E-state index in [0.29, 0.717) is 16.3 Å². The van der Waals surface area contributed by atoms with Crippen molar-refractivity contribution < 1.29 is 9.18 Å². The van der Waals surface area contributed by atoms with Gasteiger partial charge in [0, 0.05) is 14.8 Å². The van der Waals surface area contributed by atoms with E-state index in [2.05, 4.69) is 32.9 Å². The van der Waals surface area contributed by atoms with Gasteiger partial charge in [0.25, 0.3) is 5.91 Å². The summed E-state index contributed by atoms with van der Waals surface area (Å²) in [6.07, 6.45) is 1.19. The molecule has 18 heavy (non-hydrogen) atoms. The summed E-state index contributed by atoms with van der Waals surface area (Å²) in [5.41, 5.74) is 0.941. The first kappa shape index (κ1) is 13.2. The lowest BCUT2D eigenvalue weighted by Gasteiger charge is -2.07. The first-order valence-corrected chi connectivity index (χ1v) is 6.40. The number of hydrogen-bond donors (Lipinski definition) is 1. The Kier molecular flexibility index (Phi) is 4.13. The second-order valence-electron chi connectivity index (χ2n) is 3.45. The largest absolute Gasteiger partial charge is 0.321 e. The van der Waals surface area contributed by atoms with Gasteiger partial charge < -0.3 is 5.32 Å². The summed E-state index contributed by atoms with van der Waals surface area (Å²) in [5, 5.41) is 3.30. The number of benzene rings is 1. The van der Waals surface area contributed by atoms with Crippen LogP contribution in [0.15, 0.2) is 36.5 Å². The van der Waals surface area contributed by atoms with Crippen LogP contribution >= 0.6 is 34.2 Å². The summed E-state index contributed by atoms with van der Waals surface area (Å²) >= 11 is 7.89. The molecule has 0 saturated heterocycles. The number of amides is 1. The van der Waals surface area contributed by atoms with E-state index in [9.17, 15) is 9.18 Å². The van der Waals surface area contributed by atoms with Crippen LogP contribution in [-0.2, 0) is 0 Å². The fourth-order valence-corrected chi connectivity index (χ4v) is 2.30. The summed E-state index contributed by atoms with van der Waals surface area (Å²) in [4.78, 5) is 15.3. The zero-order valence-electron chi connectivity index (χ0n) is 8.95. The van der Waals surface area contributed by atoms with Gasteiger partial charge in [0.1, 0.15) is 0 Å². The lowest BCUT2D eigenvalue weighted by atomic mass is 10.2. The average Bonchev–Trinajstić information content (AvgIpc) is 2.33. The Hall–Kier alpha value is -1.21. The molecule has 0 radical (unpaired) electrons. The Morgan fingerprint density at radius 2 is 2.11 bits per heavy atom. The van der Waals surface area contributed by atoms with Crippen molar-refractivity contribution >= 4 is 45.8 Å². The van der Waals surface area contributed by atoms with Gasteiger partial charge in [-0.1, -0.05) is 11.6 Å². The molecule has 0 aliphatic carbocycles. The van der Waals surface area contributed by atoms with Gasteiger partial charge in [-0.2, -0.15) is 4.39 Å². The molecule has 92 valence electrons. The highest BCUT2D eigenvalue weighted by molar-refractivity contribution is 14.1. The van der Waals surface area contributed by atoms with E-state index in [1.54, 1.807) is 18.2 Å². The fraction of sp³-hybridized carbons (Fsp3) is 0. The molecule has 1 heterocycles. The molecule has 0 spiro atoms. The van der Waals surface area contributed by atoms with Gasteiger partial charge in [0.05, 0.1) is 11.3 Å². The van der Waals surface area contributed by atoms with E-state index < -0.39 is 5.95 Å². The maximum atomic E-state index is 12.6. The van der Waals surface area contributed by atoms with Crippen molar-refractivity contribution in [2.24, 2.45) is 0 Å². The molecule has 6 heteroatoms. The van der Waals surface area contributed by atoms with Gasteiger partial charge in [-0.25, -0.2) is 4.98 Å². The Morgan fingerprint density at radius 3 is 2.72 bits per heavy atom. The monoisotopic (exact) mass is 376 g/mol. The molecule has 0 atom stereocenters. The number of anilines is 1. The molecule has 1 amide bonds. The van der Waals surface area contributed by atoms with Gasteiger partial charge in [-0.15, -0.1) is 0 Å². The van der Waals surface area contributed by atoms with Crippen molar-refractivity contribution in [2.75, 3.05) is 5.32 Å². The molecule has 0 saturated carbocycles. The van der Waals surface area contributed by atoms with Crippen LogP contribution < -0.4 is 5.32 Å². The van der Waals surface area contributed by atoms with E-state index in [1.807, 2.05) is 0 Å². The van der Waals surface area contributed by atoms with Crippen molar-refractivity contribution in [3.8, 4) is 0 Å². The van der Waals surface area contributed by atoms with Gasteiger partial charge in [-0.05, 0) is 52.9 Å². The van der Waals surface area contributed by atoms with Crippen LogP contribution in [0, 0.1) is 9.52 Å². The molecule has 1 aromatic carbocycles. The van der Waals surface area contributed by atoms with Crippen LogP contribution in [0.4, 0.5) is 10.1 Å². The molecule has 0 aliphatic heterocycles. The number of rotatable bonds is 2. The first-order valence-electron chi connectivity index (χ1n) is 4.94. The maximum Gasteiger partial charge on any atom is 0.257 e. The molecule has 0 bridgehead atoms. The minimum absolute atomic E-state index is 0.294. The van der Waals surface area contributed by atoms with E-state index in [0.717, 1.165) is 9.64 Å². The van der Waals surface area contributed by atoms with Crippen molar-refractivity contribution in [1.29, 1.82) is 0 Å². The summed E-state index contributed by atoms with van der Waals surface area (Å²) in [7, 11) is 0. The molecule has 0 aliphatic rings. The first-order chi connectivity index (χ1) is 8.56. The molecule has 1 N–H and O–H groups in total. The predicted molar refractivity (Wildman–Crippen MR) is 76.3 cm³/mol. The number of nitrogens with one attached hydrogen (secondary N) is 1. The lowest BCUT2D eigenvalue weighted by molar-refractivity contribution is 0.102. The highest BCUT2D eigenvalue weighted by Gasteiger charge is 2.09. The molecular formula is C12H7ClFIN2O. The summed E-state index contributed by atoms with van der Waals surface area (Å²) in [5.74, 6) is -0.963. The van der Waals surface area contributed by atoms with Crippen molar-refractivity contribution in [2.45, 2.75) is 0 Å². The second kappa shape index (κ2) is 5.62. The number of nitrogens with zero attached hydrogens (tertiary/aromatic N) is 1. The Labute approximate surface area is 122 Å². The van der Waals surface area contributed by atoms with Crippen molar-refractivity contribution in [3.05, 3.63) is 56.6 Å². The molecule has 2 aromatic rings. The number of hydrogen-bond acceptors (Lipinski definition) is 2. The normalized spacial score (nSPS) is 10.2. The van der Waals surface area contributed by atoms with Crippen LogP contribution in [0.5, 0.6) is 0 Å². The molecule has 1 aromatic heterocycles. The quantitative estimate of drug-likeness (QED) is 0.641. The number of carbonyl (C=O) groups is 1. The van der Waals surface area contributed by atoms with E-state index in [4.69, 9.17) is 11.6 Å². The van der Waals surface area contributed by atoms with E-state index in [-0.39, 0.29) is 5.91 Å². The second-order valence-corrected chi connectivity index (χ2v) is 5.05. The Balaban J connectivity index is 2.18. The summed E-state index contributed by atoms with van der Waals surface area (Å²) < 4.78 is 13.4. The topological polar surface area (TPSA) is 42.0 Å². The van der Waals surface area contributed by atoms with Crippen molar-refractivity contribution in [1.82, 2.24) is 4.98 Å². The maximum absolute atomic E-state index is 12.6. The summed E-state index contributed by atoms with van der Waals surface area (Å²) in [6.45, 7) is 0. The summed E-state index contributed by atoms with van der Waals surface area (Å²) in [6, 6.07) is 7.64. The third kappa shape index (κ3) is 3.17. The van der Waals surface area contributed by atoms with Crippen molar-refractivity contribution in [3.63, 3.8) is 0 Å². The van der Waals surface area contributed by atoms with Gasteiger partial charge in [0.2, 0.25) is 5.95 Å². The van der Waals surface area contributed by atoms with Gasteiger partial charge in [0.15, 0.2) is 0 Å². The molecule has 3 nitrogen and oxygen atoms in total. The van der Waals surface area contributed by atoms with Crippen LogP contribution in [0.3, 0.4) is 0 Å². The van der Waals surface area contributed by atoms with Crippen LogP contribution in [-0.4, -0.2) is 10.9 Å². The number of carbonyl (C=O) groups excluding carboxylic acids is 1. The van der Waals surface area contributed by atoms with Crippen LogP contribution in [0.2, 0.25) is 5.02 Å².